The molecule has 0 saturated heterocycles. The molecule has 3 N–H and O–H groups in total. The molecule has 0 saturated carbocycles. The molecule has 2 aromatic carbocycles. The van der Waals surface area contributed by atoms with Gasteiger partial charge >= 0.3 is 18.2 Å². The van der Waals surface area contributed by atoms with Gasteiger partial charge in [-0.25, -0.2) is 9.59 Å². The number of aromatic nitrogens is 3. The molecule has 2 aromatic heterocycles. The Morgan fingerprint density at radius 1 is 0.951 bits per heavy atom. The maximum Gasteiger partial charge on any atom is 0.418 e. The van der Waals surface area contributed by atoms with Gasteiger partial charge in [-0.1, -0.05) is 26.0 Å². The molecule has 0 radical (unpaired) electrons. The number of pyridine rings is 1. The number of hydrogen-bond donors (Lipinski definition) is 3. The van der Waals surface area contributed by atoms with Gasteiger partial charge in [0.2, 0.25) is 0 Å². The van der Waals surface area contributed by atoms with Crippen LogP contribution in [0.25, 0.3) is 17.0 Å². The molecule has 0 aliphatic carbocycles. The fourth-order valence-electron chi connectivity index (χ4n) is 4.07. The van der Waals surface area contributed by atoms with Crippen molar-refractivity contribution in [1.29, 1.82) is 0 Å². The third kappa shape index (κ3) is 6.62. The second-order valence-corrected chi connectivity index (χ2v) is 9.29. The summed E-state index contributed by atoms with van der Waals surface area (Å²) in [5.74, 6) is -0.855. The number of alkyl halides is 3. The number of carbonyl (C=O) groups excluding carboxylic acids is 3. The Hall–Kier alpha value is -4.94. The van der Waals surface area contributed by atoms with Crippen LogP contribution in [0.15, 0.2) is 66.9 Å². The van der Waals surface area contributed by atoms with Gasteiger partial charge in [-0.05, 0) is 61.4 Å². The molecule has 4 rings (SSSR count). The zero-order valence-corrected chi connectivity index (χ0v) is 22.3. The highest BCUT2D eigenvalue weighted by Crippen LogP contribution is 2.34. The Morgan fingerprint density at radius 2 is 1.66 bits per heavy atom. The molecule has 0 unspecified atom stereocenters. The van der Waals surface area contributed by atoms with Gasteiger partial charge in [0.1, 0.15) is 6.04 Å². The van der Waals surface area contributed by atoms with Crippen molar-refractivity contribution in [2.75, 3.05) is 17.2 Å². The number of urea groups is 1. The van der Waals surface area contributed by atoms with Crippen molar-refractivity contribution in [3.05, 3.63) is 78.0 Å². The van der Waals surface area contributed by atoms with E-state index in [4.69, 9.17) is 4.74 Å². The number of rotatable bonds is 8. The van der Waals surface area contributed by atoms with Crippen LogP contribution in [0.4, 0.5) is 29.3 Å². The number of nitrogens with one attached hydrogen (secondary N) is 3. The van der Waals surface area contributed by atoms with Crippen LogP contribution in [0.3, 0.4) is 0 Å². The quantitative estimate of drug-likeness (QED) is 0.245. The summed E-state index contributed by atoms with van der Waals surface area (Å²) in [7, 11) is 0. The Labute approximate surface area is 232 Å². The number of hydrogen-bond acceptors (Lipinski definition) is 6. The number of benzene rings is 2. The van der Waals surface area contributed by atoms with Crippen LogP contribution in [-0.4, -0.2) is 45.2 Å². The smallest absolute Gasteiger partial charge is 0.418 e. The van der Waals surface area contributed by atoms with Crippen molar-refractivity contribution in [3.63, 3.8) is 0 Å². The lowest BCUT2D eigenvalue weighted by Crippen LogP contribution is -2.45. The molecule has 13 heteroatoms. The largest absolute Gasteiger partial charge is 0.464 e. The highest BCUT2D eigenvalue weighted by Gasteiger charge is 2.33. The summed E-state index contributed by atoms with van der Waals surface area (Å²) < 4.78 is 46.3. The Morgan fingerprint density at radius 3 is 2.32 bits per heavy atom. The van der Waals surface area contributed by atoms with E-state index in [9.17, 15) is 27.6 Å². The zero-order valence-electron chi connectivity index (χ0n) is 22.3. The summed E-state index contributed by atoms with van der Waals surface area (Å²) >= 11 is 0. The summed E-state index contributed by atoms with van der Waals surface area (Å²) in [5, 5.41) is 15.8. The van der Waals surface area contributed by atoms with Crippen LogP contribution in [0.1, 0.15) is 36.7 Å². The zero-order chi connectivity index (χ0) is 29.7. The van der Waals surface area contributed by atoms with E-state index in [1.165, 1.54) is 12.1 Å². The van der Waals surface area contributed by atoms with Crippen molar-refractivity contribution in [2.45, 2.75) is 33.0 Å². The van der Waals surface area contributed by atoms with Gasteiger partial charge < -0.3 is 20.7 Å². The number of amides is 3. The van der Waals surface area contributed by atoms with Crippen LogP contribution < -0.4 is 16.0 Å². The third-order valence-corrected chi connectivity index (χ3v) is 6.05. The van der Waals surface area contributed by atoms with E-state index in [-0.39, 0.29) is 29.4 Å². The van der Waals surface area contributed by atoms with E-state index in [1.54, 1.807) is 67.8 Å². The molecule has 0 spiro atoms. The van der Waals surface area contributed by atoms with Crippen LogP contribution in [0.5, 0.6) is 0 Å². The van der Waals surface area contributed by atoms with Gasteiger partial charge in [-0.15, -0.1) is 10.2 Å². The standard InChI is InChI=1S/C28H27F3N6O4/c1-4-41-26(39)22(16(2)3)34-25(38)19-8-7-15-37-23(35-36-24(19)37)17-11-13-18(14-12-17)32-27(40)33-21-10-6-5-9-20(21)28(29,30)31/h5-16,22H,4H2,1-3H3,(H,34,38)(H2,32,33,40)/t22-/m0/s1. The lowest BCUT2D eigenvalue weighted by atomic mass is 10.0. The van der Waals surface area contributed by atoms with Crippen LogP contribution in [-0.2, 0) is 15.7 Å². The van der Waals surface area contributed by atoms with Crippen LogP contribution in [0, 0.1) is 5.92 Å². The van der Waals surface area contributed by atoms with Crippen LogP contribution in [0.2, 0.25) is 0 Å². The second kappa shape index (κ2) is 12.1. The first-order valence-corrected chi connectivity index (χ1v) is 12.7. The molecule has 0 aliphatic heterocycles. The molecule has 2 heterocycles. The average molecular weight is 569 g/mol. The number of anilines is 2. The summed E-state index contributed by atoms with van der Waals surface area (Å²) in [6.07, 6.45) is -2.95. The summed E-state index contributed by atoms with van der Waals surface area (Å²) in [6.45, 7) is 5.46. The van der Waals surface area contributed by atoms with E-state index in [0.29, 0.717) is 17.1 Å². The average Bonchev–Trinajstić information content (AvgIpc) is 3.36. The highest BCUT2D eigenvalue weighted by molar-refractivity contribution is 6.02. The van der Waals surface area contributed by atoms with Gasteiger partial charge in [-0.3, -0.25) is 9.20 Å². The SMILES string of the molecule is CCOC(=O)[C@@H](NC(=O)c1cccn2c(-c3ccc(NC(=O)Nc4ccccc4C(F)(F)F)cc3)nnc12)C(C)C. The molecule has 0 bridgehead atoms. The predicted molar refractivity (Wildman–Crippen MR) is 145 cm³/mol. The molecular weight excluding hydrogens is 541 g/mol. The van der Waals surface area contributed by atoms with Crippen molar-refractivity contribution in [2.24, 2.45) is 5.92 Å². The lowest BCUT2D eigenvalue weighted by Gasteiger charge is -2.20. The van der Waals surface area contributed by atoms with Gasteiger partial charge in [0.15, 0.2) is 11.5 Å². The second-order valence-electron chi connectivity index (χ2n) is 9.29. The molecule has 10 nitrogen and oxygen atoms in total. The fraction of sp³-hybridized carbons (Fsp3) is 0.250. The number of carbonyl (C=O) groups is 3. The Balaban J connectivity index is 1.50. The van der Waals surface area contributed by atoms with Crippen molar-refractivity contribution in [1.82, 2.24) is 19.9 Å². The summed E-state index contributed by atoms with van der Waals surface area (Å²) in [4.78, 5) is 37.7. The minimum Gasteiger partial charge on any atom is -0.464 e. The molecule has 0 fully saturated rings. The minimum atomic E-state index is -4.62. The van der Waals surface area contributed by atoms with E-state index in [0.717, 1.165) is 12.1 Å². The fourth-order valence-corrected chi connectivity index (χ4v) is 4.07. The van der Waals surface area contributed by atoms with Crippen LogP contribution >= 0.6 is 0 Å². The first-order chi connectivity index (χ1) is 19.5. The first kappa shape index (κ1) is 29.1. The topological polar surface area (TPSA) is 127 Å². The molecule has 3 amide bonds. The number of nitrogens with zero attached hydrogens (tertiary/aromatic N) is 3. The lowest BCUT2D eigenvalue weighted by molar-refractivity contribution is -0.146. The van der Waals surface area contributed by atoms with Crippen molar-refractivity contribution < 1.29 is 32.3 Å². The molecule has 4 aromatic rings. The van der Waals surface area contributed by atoms with Gasteiger partial charge in [-0.2, -0.15) is 13.2 Å². The molecule has 0 aliphatic rings. The van der Waals surface area contributed by atoms with E-state index in [1.807, 2.05) is 0 Å². The van der Waals surface area contributed by atoms with Crippen molar-refractivity contribution >= 4 is 34.9 Å². The first-order valence-electron chi connectivity index (χ1n) is 12.7. The van der Waals surface area contributed by atoms with Gasteiger partial charge in [0.25, 0.3) is 5.91 Å². The van der Waals surface area contributed by atoms with E-state index in [2.05, 4.69) is 26.1 Å². The predicted octanol–water partition coefficient (Wildman–Crippen LogP) is 5.38. The molecule has 1 atom stereocenters. The monoisotopic (exact) mass is 568 g/mol. The van der Waals surface area contributed by atoms with Gasteiger partial charge in [0.05, 0.1) is 23.4 Å². The minimum absolute atomic E-state index is 0.187. The summed E-state index contributed by atoms with van der Waals surface area (Å²) in [5.41, 5.74) is 0.0496. The molecule has 214 valence electrons. The normalized spacial score (nSPS) is 12.2. The Bertz CT molecular complexity index is 1570. The maximum absolute atomic E-state index is 13.2. The van der Waals surface area contributed by atoms with E-state index >= 15 is 0 Å². The van der Waals surface area contributed by atoms with E-state index < -0.39 is 35.7 Å². The van der Waals surface area contributed by atoms with Gasteiger partial charge in [0, 0.05) is 17.4 Å². The third-order valence-electron chi connectivity index (χ3n) is 6.05. The maximum atomic E-state index is 13.2. The van der Waals surface area contributed by atoms with Crippen molar-refractivity contribution in [3.8, 4) is 11.4 Å². The summed E-state index contributed by atoms with van der Waals surface area (Å²) in [6, 6.07) is 12.6. The number of para-hydroxylation sites is 1. The number of esters is 1. The molecular formula is C28H27F3N6O4. The number of fused-ring (bicyclic) bond motifs is 1. The number of ether oxygens (including phenoxy) is 1. The Kier molecular flexibility index (Phi) is 8.55. The number of halogens is 3. The highest BCUT2D eigenvalue weighted by atomic mass is 19.4. The molecule has 41 heavy (non-hydrogen) atoms.